The lowest BCUT2D eigenvalue weighted by atomic mass is 10.1. The second kappa shape index (κ2) is 8.04. The molecule has 2 aromatic carbocycles. The van der Waals surface area contributed by atoms with Gasteiger partial charge in [0.25, 0.3) is 0 Å². The van der Waals surface area contributed by atoms with Crippen molar-refractivity contribution in [3.63, 3.8) is 0 Å². The fraction of sp³-hybridized carbons (Fsp3) is 0.250. The molecule has 9 heteroatoms. The molecule has 1 aromatic heterocycles. The number of nitrogens with zero attached hydrogens (tertiary/aromatic N) is 4. The fourth-order valence-corrected chi connectivity index (χ4v) is 3.88. The lowest BCUT2D eigenvalue weighted by molar-refractivity contribution is 0.395. The zero-order valence-electron chi connectivity index (χ0n) is 16.5. The Morgan fingerprint density at radius 2 is 1.52 bits per heavy atom. The van der Waals surface area contributed by atoms with Crippen molar-refractivity contribution in [3.05, 3.63) is 42.0 Å². The molecule has 4 rings (SSSR count). The Bertz CT molecular complexity index is 1080. The highest BCUT2D eigenvalue weighted by molar-refractivity contribution is 7.99. The van der Waals surface area contributed by atoms with Crippen LogP contribution in [0.15, 0.2) is 46.7 Å². The molecule has 0 atom stereocenters. The topological polar surface area (TPSA) is 80.0 Å². The molecule has 0 unspecified atom stereocenters. The van der Waals surface area contributed by atoms with Gasteiger partial charge in [-0.05, 0) is 30.3 Å². The molecule has 0 bridgehead atoms. The van der Waals surface area contributed by atoms with Gasteiger partial charge in [0.05, 0.1) is 39.7 Å². The molecule has 2 heterocycles. The van der Waals surface area contributed by atoms with Crippen molar-refractivity contribution in [2.75, 3.05) is 34.2 Å². The van der Waals surface area contributed by atoms with E-state index >= 15 is 0 Å². The number of methoxy groups -OCH3 is 4. The van der Waals surface area contributed by atoms with Gasteiger partial charge in [-0.15, -0.1) is 10.2 Å². The largest absolute Gasteiger partial charge is 0.497 e. The summed E-state index contributed by atoms with van der Waals surface area (Å²) in [5.74, 6) is 4.02. The van der Waals surface area contributed by atoms with Gasteiger partial charge in [0.15, 0.2) is 5.82 Å². The number of hydrogen-bond acceptors (Lipinski definition) is 8. The van der Waals surface area contributed by atoms with Gasteiger partial charge in [-0.3, -0.25) is 0 Å². The first kappa shape index (κ1) is 19.1. The van der Waals surface area contributed by atoms with Gasteiger partial charge in [0, 0.05) is 17.4 Å². The average molecular weight is 412 g/mol. The van der Waals surface area contributed by atoms with E-state index in [1.165, 1.54) is 0 Å². The third-order valence-corrected chi connectivity index (χ3v) is 5.47. The molecular weight excluding hydrogens is 392 g/mol. The third-order valence-electron chi connectivity index (χ3n) is 4.54. The van der Waals surface area contributed by atoms with E-state index in [0.717, 1.165) is 28.3 Å². The van der Waals surface area contributed by atoms with E-state index in [1.807, 2.05) is 36.4 Å². The van der Waals surface area contributed by atoms with Crippen LogP contribution in [0.1, 0.15) is 5.56 Å². The van der Waals surface area contributed by atoms with Crippen molar-refractivity contribution in [1.82, 2.24) is 14.9 Å². The second-order valence-electron chi connectivity index (χ2n) is 6.09. The molecule has 150 valence electrons. The van der Waals surface area contributed by atoms with Crippen LogP contribution in [0.3, 0.4) is 0 Å². The number of aromatic nitrogens is 3. The maximum absolute atomic E-state index is 5.53. The minimum absolute atomic E-state index is 0.589. The first-order valence-electron chi connectivity index (χ1n) is 8.79. The molecule has 0 N–H and O–H groups in total. The summed E-state index contributed by atoms with van der Waals surface area (Å²) in [5.41, 5.74) is 2.48. The van der Waals surface area contributed by atoms with Crippen LogP contribution < -0.4 is 18.9 Å². The maximum atomic E-state index is 5.53. The molecule has 0 spiro atoms. The van der Waals surface area contributed by atoms with Crippen molar-refractivity contribution in [2.45, 2.75) is 5.16 Å². The second-order valence-corrected chi connectivity index (χ2v) is 7.03. The molecule has 0 aliphatic carbocycles. The Hall–Kier alpha value is -3.20. The summed E-state index contributed by atoms with van der Waals surface area (Å²) in [6.07, 6.45) is 0. The number of rotatable bonds is 6. The average Bonchev–Trinajstić information content (AvgIpc) is 3.21. The standard InChI is InChI=1S/C20H20N4O4S/c1-25-12-6-8-17(27-3)15(9-12)16-11-29-20-22-21-19(24(20)23-16)14-7-5-13(26-2)10-18(14)28-4/h5-10H,11H2,1-4H3. The Morgan fingerprint density at radius 3 is 2.24 bits per heavy atom. The molecule has 0 radical (unpaired) electrons. The van der Waals surface area contributed by atoms with E-state index in [4.69, 9.17) is 24.0 Å². The molecule has 0 fully saturated rings. The first-order valence-corrected chi connectivity index (χ1v) is 9.78. The lowest BCUT2D eigenvalue weighted by Gasteiger charge is -2.17. The minimum Gasteiger partial charge on any atom is -0.497 e. The highest BCUT2D eigenvalue weighted by Crippen LogP contribution is 2.36. The monoisotopic (exact) mass is 412 g/mol. The predicted octanol–water partition coefficient (Wildman–Crippen LogP) is 3.34. The van der Waals surface area contributed by atoms with Gasteiger partial charge >= 0.3 is 0 Å². The molecular formula is C20H20N4O4S. The molecule has 0 amide bonds. The summed E-state index contributed by atoms with van der Waals surface area (Å²) in [7, 11) is 6.49. The first-order chi connectivity index (χ1) is 14.2. The van der Waals surface area contributed by atoms with Crippen LogP contribution in [0.5, 0.6) is 23.0 Å². The van der Waals surface area contributed by atoms with E-state index in [9.17, 15) is 0 Å². The Kier molecular flexibility index (Phi) is 5.30. The van der Waals surface area contributed by atoms with Crippen LogP contribution in [0, 0.1) is 0 Å². The Morgan fingerprint density at radius 1 is 0.793 bits per heavy atom. The Labute approximate surface area is 172 Å². The lowest BCUT2D eigenvalue weighted by Crippen LogP contribution is -2.15. The smallest absolute Gasteiger partial charge is 0.212 e. The van der Waals surface area contributed by atoms with Crippen LogP contribution in [0.4, 0.5) is 0 Å². The molecule has 0 saturated heterocycles. The van der Waals surface area contributed by atoms with Crippen LogP contribution in [-0.2, 0) is 0 Å². The summed E-state index contributed by atoms with van der Waals surface area (Å²) in [4.78, 5) is 0. The predicted molar refractivity (Wildman–Crippen MR) is 111 cm³/mol. The van der Waals surface area contributed by atoms with Gasteiger partial charge in [0.1, 0.15) is 23.0 Å². The van der Waals surface area contributed by atoms with Crippen molar-refractivity contribution in [3.8, 4) is 34.4 Å². The van der Waals surface area contributed by atoms with Crippen LogP contribution in [0.25, 0.3) is 11.4 Å². The molecule has 0 saturated carbocycles. The van der Waals surface area contributed by atoms with Crippen LogP contribution in [-0.4, -0.2) is 54.8 Å². The summed E-state index contributed by atoms with van der Waals surface area (Å²) in [5, 5.41) is 14.2. The van der Waals surface area contributed by atoms with E-state index in [2.05, 4.69) is 10.2 Å². The summed E-state index contributed by atoms with van der Waals surface area (Å²) in [6, 6.07) is 11.2. The summed E-state index contributed by atoms with van der Waals surface area (Å²) in [6.45, 7) is 0. The van der Waals surface area contributed by atoms with Crippen molar-refractivity contribution >= 4 is 17.5 Å². The molecule has 1 aliphatic rings. The van der Waals surface area contributed by atoms with E-state index in [1.54, 1.807) is 44.9 Å². The minimum atomic E-state index is 0.589. The van der Waals surface area contributed by atoms with Crippen LogP contribution in [0.2, 0.25) is 0 Å². The molecule has 3 aromatic rings. The molecule has 1 aliphatic heterocycles. The van der Waals surface area contributed by atoms with Gasteiger partial charge in [-0.1, -0.05) is 11.8 Å². The highest BCUT2D eigenvalue weighted by Gasteiger charge is 2.24. The van der Waals surface area contributed by atoms with Gasteiger partial charge in [0.2, 0.25) is 5.16 Å². The molecule has 8 nitrogen and oxygen atoms in total. The van der Waals surface area contributed by atoms with Gasteiger partial charge in [-0.2, -0.15) is 9.78 Å². The number of ether oxygens (including phenoxy) is 4. The SMILES string of the molecule is COc1ccc(-c2nnc3n2N=C(c2cc(OC)ccc2OC)CS3)c(OC)c1. The maximum Gasteiger partial charge on any atom is 0.212 e. The third kappa shape index (κ3) is 3.49. The van der Waals surface area contributed by atoms with Gasteiger partial charge < -0.3 is 18.9 Å². The van der Waals surface area contributed by atoms with Crippen molar-refractivity contribution in [2.24, 2.45) is 5.10 Å². The van der Waals surface area contributed by atoms with Crippen LogP contribution >= 0.6 is 11.8 Å². The number of fused-ring (bicyclic) bond motifs is 1. The van der Waals surface area contributed by atoms with E-state index in [-0.39, 0.29) is 0 Å². The van der Waals surface area contributed by atoms with E-state index in [0.29, 0.717) is 28.2 Å². The summed E-state index contributed by atoms with van der Waals surface area (Å²) >= 11 is 1.56. The fourth-order valence-electron chi connectivity index (χ4n) is 3.05. The Balaban J connectivity index is 1.82. The zero-order valence-corrected chi connectivity index (χ0v) is 17.3. The van der Waals surface area contributed by atoms with Crippen molar-refractivity contribution < 1.29 is 18.9 Å². The van der Waals surface area contributed by atoms with E-state index < -0.39 is 0 Å². The van der Waals surface area contributed by atoms with Crippen molar-refractivity contribution in [1.29, 1.82) is 0 Å². The zero-order chi connectivity index (χ0) is 20.4. The quantitative estimate of drug-likeness (QED) is 0.614. The number of thioether (sulfide) groups is 1. The molecule has 29 heavy (non-hydrogen) atoms. The summed E-state index contributed by atoms with van der Waals surface area (Å²) < 4.78 is 23.4. The highest BCUT2D eigenvalue weighted by atomic mass is 32.2. The normalized spacial score (nSPS) is 12.8. The van der Waals surface area contributed by atoms with Gasteiger partial charge in [-0.25, -0.2) is 0 Å². The number of benzene rings is 2. The number of hydrogen-bond donors (Lipinski definition) is 0.